The molecule has 0 saturated heterocycles. The molecule has 2 aromatic carbocycles. The maximum Gasteiger partial charge on any atom is 0.337 e. The minimum atomic E-state index is -0.406. The van der Waals surface area contributed by atoms with Crippen LogP contribution in [0.15, 0.2) is 48.2 Å². The Balaban J connectivity index is 1.87. The summed E-state index contributed by atoms with van der Waals surface area (Å²) in [5.41, 5.74) is 1.70. The molecule has 23 heavy (non-hydrogen) atoms. The van der Waals surface area contributed by atoms with E-state index in [4.69, 9.17) is 9.47 Å². The second-order valence-electron chi connectivity index (χ2n) is 4.92. The van der Waals surface area contributed by atoms with Crippen LogP contribution >= 0.6 is 0 Å². The van der Waals surface area contributed by atoms with E-state index in [0.717, 1.165) is 5.56 Å². The molecule has 3 rings (SSSR count). The zero-order valence-electron chi connectivity index (χ0n) is 12.7. The smallest absolute Gasteiger partial charge is 0.337 e. The highest BCUT2D eigenvalue weighted by molar-refractivity contribution is 6.14. The third kappa shape index (κ3) is 2.81. The summed E-state index contributed by atoms with van der Waals surface area (Å²) in [6.45, 7) is 0. The topological polar surface area (TPSA) is 61.8 Å². The lowest BCUT2D eigenvalue weighted by Crippen LogP contribution is -2.01. The molecule has 0 atom stereocenters. The van der Waals surface area contributed by atoms with Crippen molar-refractivity contribution in [1.82, 2.24) is 0 Å². The van der Waals surface area contributed by atoms with E-state index in [9.17, 15) is 9.59 Å². The van der Waals surface area contributed by atoms with Crippen molar-refractivity contribution in [2.45, 2.75) is 0 Å². The summed E-state index contributed by atoms with van der Waals surface area (Å²) in [6, 6.07) is 11.8. The summed E-state index contributed by atoms with van der Waals surface area (Å²) in [5.74, 6) is 0.752. The number of ketones is 1. The first-order valence-corrected chi connectivity index (χ1v) is 6.93. The van der Waals surface area contributed by atoms with Crippen LogP contribution in [-0.4, -0.2) is 26.0 Å². The van der Waals surface area contributed by atoms with Gasteiger partial charge in [0.1, 0.15) is 11.5 Å². The van der Waals surface area contributed by atoms with E-state index >= 15 is 0 Å². The Kier molecular flexibility index (Phi) is 3.85. The lowest BCUT2D eigenvalue weighted by atomic mass is 10.1. The Morgan fingerprint density at radius 3 is 2.48 bits per heavy atom. The average Bonchev–Trinajstić information content (AvgIpc) is 2.90. The lowest BCUT2D eigenvalue weighted by Gasteiger charge is -2.02. The van der Waals surface area contributed by atoms with Gasteiger partial charge in [0.15, 0.2) is 5.76 Å². The number of hydrogen-bond acceptors (Lipinski definition) is 5. The summed E-state index contributed by atoms with van der Waals surface area (Å²) >= 11 is 0. The van der Waals surface area contributed by atoms with E-state index < -0.39 is 5.97 Å². The predicted molar refractivity (Wildman–Crippen MR) is 83.7 cm³/mol. The highest BCUT2D eigenvalue weighted by Gasteiger charge is 2.27. The molecule has 5 nitrogen and oxygen atoms in total. The number of esters is 1. The Bertz CT molecular complexity index is 803. The number of Topliss-reactive ketones (excluding diaryl/α,β-unsaturated/α-hetero) is 1. The molecule has 1 aliphatic heterocycles. The van der Waals surface area contributed by atoms with Gasteiger partial charge in [-0.15, -0.1) is 0 Å². The summed E-state index contributed by atoms with van der Waals surface area (Å²) in [5, 5.41) is 0. The first-order chi connectivity index (χ1) is 11.1. The number of fused-ring (bicyclic) bond motifs is 1. The minimum Gasteiger partial charge on any atom is -0.497 e. The molecule has 0 fully saturated rings. The monoisotopic (exact) mass is 310 g/mol. The number of carbonyl (C=O) groups excluding carboxylic acids is 2. The number of benzene rings is 2. The molecule has 0 aromatic heterocycles. The van der Waals surface area contributed by atoms with E-state index in [1.54, 1.807) is 55.7 Å². The maximum atomic E-state index is 12.3. The van der Waals surface area contributed by atoms with Crippen LogP contribution in [0, 0.1) is 0 Å². The molecule has 0 radical (unpaired) electrons. The molecule has 0 bridgehead atoms. The fourth-order valence-electron chi connectivity index (χ4n) is 2.28. The number of rotatable bonds is 3. The molecule has 0 amide bonds. The molecular formula is C18H14O5. The quantitative estimate of drug-likeness (QED) is 0.644. The summed E-state index contributed by atoms with van der Waals surface area (Å²) in [4.78, 5) is 23.7. The zero-order valence-corrected chi connectivity index (χ0v) is 12.7. The van der Waals surface area contributed by atoms with Gasteiger partial charge in [-0.25, -0.2) is 4.79 Å². The van der Waals surface area contributed by atoms with Gasteiger partial charge in [0.25, 0.3) is 0 Å². The van der Waals surface area contributed by atoms with Crippen LogP contribution in [-0.2, 0) is 4.74 Å². The number of carbonyl (C=O) groups is 2. The van der Waals surface area contributed by atoms with Crippen molar-refractivity contribution < 1.29 is 23.8 Å². The van der Waals surface area contributed by atoms with Crippen molar-refractivity contribution in [1.29, 1.82) is 0 Å². The van der Waals surface area contributed by atoms with Gasteiger partial charge >= 0.3 is 5.97 Å². The fourth-order valence-corrected chi connectivity index (χ4v) is 2.28. The van der Waals surface area contributed by atoms with Crippen molar-refractivity contribution in [3.8, 4) is 11.5 Å². The van der Waals surface area contributed by atoms with Crippen molar-refractivity contribution in [3.63, 3.8) is 0 Å². The van der Waals surface area contributed by atoms with Gasteiger partial charge in [-0.3, -0.25) is 4.79 Å². The first kappa shape index (κ1) is 14.8. The molecule has 1 heterocycles. The highest BCUT2D eigenvalue weighted by Crippen LogP contribution is 2.34. The maximum absolute atomic E-state index is 12.3. The molecule has 0 unspecified atom stereocenters. The van der Waals surface area contributed by atoms with Crippen molar-refractivity contribution >= 4 is 17.8 Å². The van der Waals surface area contributed by atoms with E-state index in [1.165, 1.54) is 7.11 Å². The molecule has 2 aromatic rings. The summed E-state index contributed by atoms with van der Waals surface area (Å²) in [6.07, 6.45) is 1.63. The molecule has 116 valence electrons. The Morgan fingerprint density at radius 2 is 1.83 bits per heavy atom. The van der Waals surface area contributed by atoms with Gasteiger partial charge in [-0.2, -0.15) is 0 Å². The molecule has 5 heteroatoms. The van der Waals surface area contributed by atoms with E-state index in [2.05, 4.69) is 4.74 Å². The third-order valence-electron chi connectivity index (χ3n) is 3.51. The molecule has 0 N–H and O–H groups in total. The Morgan fingerprint density at radius 1 is 1.09 bits per heavy atom. The van der Waals surface area contributed by atoms with Gasteiger partial charge in [0.05, 0.1) is 25.3 Å². The van der Waals surface area contributed by atoms with Crippen LogP contribution in [0.3, 0.4) is 0 Å². The molecular weight excluding hydrogens is 296 g/mol. The third-order valence-corrected chi connectivity index (χ3v) is 3.51. The standard InChI is InChI=1S/C18H14O5/c1-21-13-7-8-14-15(10-13)23-16(17(14)19)9-11-3-5-12(6-4-11)18(20)22-2/h3-10H,1-2H3. The van der Waals surface area contributed by atoms with Gasteiger partial charge in [-0.05, 0) is 35.9 Å². The van der Waals surface area contributed by atoms with E-state index in [-0.39, 0.29) is 11.5 Å². The van der Waals surface area contributed by atoms with Crippen molar-refractivity contribution in [2.24, 2.45) is 0 Å². The van der Waals surface area contributed by atoms with Gasteiger partial charge in [0.2, 0.25) is 5.78 Å². The van der Waals surface area contributed by atoms with Crippen LogP contribution in [0.2, 0.25) is 0 Å². The number of methoxy groups -OCH3 is 2. The average molecular weight is 310 g/mol. The Labute approximate surface area is 133 Å². The second kappa shape index (κ2) is 5.96. The second-order valence-corrected chi connectivity index (χ2v) is 4.92. The van der Waals surface area contributed by atoms with Crippen LogP contribution in [0.25, 0.3) is 6.08 Å². The zero-order chi connectivity index (χ0) is 16.4. The number of allylic oxidation sites excluding steroid dienone is 1. The molecule has 0 saturated carbocycles. The SMILES string of the molecule is COC(=O)c1ccc(C=C2Oc3cc(OC)ccc3C2=O)cc1. The molecule has 0 spiro atoms. The van der Waals surface area contributed by atoms with Crippen LogP contribution in [0.4, 0.5) is 0 Å². The number of ether oxygens (including phenoxy) is 3. The molecule has 0 aliphatic carbocycles. The van der Waals surface area contributed by atoms with Gasteiger partial charge in [-0.1, -0.05) is 12.1 Å². The summed E-state index contributed by atoms with van der Waals surface area (Å²) < 4.78 is 15.4. The van der Waals surface area contributed by atoms with Crippen LogP contribution in [0.5, 0.6) is 11.5 Å². The first-order valence-electron chi connectivity index (χ1n) is 6.93. The van der Waals surface area contributed by atoms with Gasteiger partial charge < -0.3 is 14.2 Å². The van der Waals surface area contributed by atoms with E-state index in [0.29, 0.717) is 22.6 Å². The lowest BCUT2D eigenvalue weighted by molar-refractivity contribution is 0.0600. The number of hydrogen-bond donors (Lipinski definition) is 0. The summed E-state index contributed by atoms with van der Waals surface area (Å²) in [7, 11) is 2.88. The largest absolute Gasteiger partial charge is 0.497 e. The van der Waals surface area contributed by atoms with Crippen molar-refractivity contribution in [3.05, 3.63) is 64.9 Å². The van der Waals surface area contributed by atoms with Gasteiger partial charge in [0, 0.05) is 6.07 Å². The predicted octanol–water partition coefficient (Wildman–Crippen LogP) is 3.10. The Hall–Kier alpha value is -3.08. The van der Waals surface area contributed by atoms with E-state index in [1.807, 2.05) is 0 Å². The van der Waals surface area contributed by atoms with Crippen LogP contribution < -0.4 is 9.47 Å². The van der Waals surface area contributed by atoms with Crippen molar-refractivity contribution in [2.75, 3.05) is 14.2 Å². The highest BCUT2D eigenvalue weighted by atomic mass is 16.5. The van der Waals surface area contributed by atoms with Crippen LogP contribution in [0.1, 0.15) is 26.3 Å². The fraction of sp³-hybridized carbons (Fsp3) is 0.111. The molecule has 1 aliphatic rings. The minimum absolute atomic E-state index is 0.181. The normalized spacial score (nSPS) is 14.3.